The van der Waals surface area contributed by atoms with Crippen LogP contribution in [0.15, 0.2) is 66.0 Å². The van der Waals surface area contributed by atoms with Gasteiger partial charge in [-0.3, -0.25) is 4.90 Å². The number of alkyl halides is 5. The minimum absolute atomic E-state index is 0.00595. The summed E-state index contributed by atoms with van der Waals surface area (Å²) >= 11 is 0. The molecule has 0 saturated carbocycles. The van der Waals surface area contributed by atoms with Crippen LogP contribution in [0.2, 0.25) is 0 Å². The van der Waals surface area contributed by atoms with Crippen LogP contribution in [0.5, 0.6) is 0 Å². The number of nitrogens with one attached hydrogen (secondary N) is 1. The van der Waals surface area contributed by atoms with Gasteiger partial charge in [-0.2, -0.15) is 26.7 Å². The lowest BCUT2D eigenvalue weighted by Crippen LogP contribution is -2.54. The van der Waals surface area contributed by atoms with Crippen LogP contribution in [0, 0.1) is 6.92 Å². The van der Waals surface area contributed by atoms with Gasteiger partial charge in [0, 0.05) is 13.1 Å². The smallest absolute Gasteiger partial charge is 0.360 e. The molecule has 1 atom stereocenters. The topological polar surface area (TPSA) is 93.0 Å². The molecule has 0 spiro atoms. The van der Waals surface area contributed by atoms with E-state index < -0.39 is 40.3 Å². The first kappa shape index (κ1) is 27.9. The average Bonchev–Trinajstić information content (AvgIpc) is 3.35. The number of nitrogens with zero attached hydrogens (tertiary/aromatic N) is 5. The van der Waals surface area contributed by atoms with Gasteiger partial charge < -0.3 is 5.32 Å². The van der Waals surface area contributed by atoms with Crippen molar-refractivity contribution in [3.05, 3.63) is 77.7 Å². The zero-order valence-corrected chi connectivity index (χ0v) is 22.1. The Kier molecular flexibility index (Phi) is 7.25. The van der Waals surface area contributed by atoms with Crippen LogP contribution >= 0.6 is 0 Å². The van der Waals surface area contributed by atoms with E-state index in [1.165, 1.54) is 30.5 Å². The molecule has 1 fully saturated rings. The van der Waals surface area contributed by atoms with Crippen molar-refractivity contribution >= 4 is 26.9 Å². The van der Waals surface area contributed by atoms with Crippen LogP contribution in [0.4, 0.5) is 27.8 Å². The predicted octanol–water partition coefficient (Wildman–Crippen LogP) is 4.75. The van der Waals surface area contributed by atoms with Gasteiger partial charge in [0.2, 0.25) is 0 Å². The molecule has 4 aromatic rings. The van der Waals surface area contributed by atoms with E-state index in [9.17, 15) is 21.6 Å². The number of aryl methyl sites for hydroxylation is 1. The van der Waals surface area contributed by atoms with Crippen LogP contribution < -0.4 is 5.32 Å². The fourth-order valence-corrected chi connectivity index (χ4v) is 5.84. The highest BCUT2D eigenvalue weighted by atomic mass is 32.2. The molecule has 1 saturated heterocycles. The Hall–Kier alpha value is -3.65. The summed E-state index contributed by atoms with van der Waals surface area (Å²) in [5.74, 6) is -3.13. The van der Waals surface area contributed by atoms with Crippen LogP contribution in [0.3, 0.4) is 0 Å². The maximum atomic E-state index is 15.2. The standard InChI is InChI=1S/C26H25F5N6O2S/c1-17-2-8-20(9-3-17)40(38,39)37-24-21(14-34-37)23(32-16-33-24)35-22-11-13-36(15-25(22,27)28)12-10-18-4-6-19(7-5-18)26(29,30)31/h2-9,14,16,22H,10-13,15H2,1H3,(H,32,33,35)/t22-/m1/s1. The number of hydrogen-bond donors (Lipinski definition) is 1. The number of aromatic nitrogens is 4. The highest BCUT2D eigenvalue weighted by molar-refractivity contribution is 7.90. The summed E-state index contributed by atoms with van der Waals surface area (Å²) in [7, 11) is -4.08. The van der Waals surface area contributed by atoms with Crippen molar-refractivity contribution in [1.29, 1.82) is 0 Å². The van der Waals surface area contributed by atoms with E-state index >= 15 is 8.78 Å². The molecule has 1 aliphatic rings. The van der Waals surface area contributed by atoms with Crippen LogP contribution in [0.1, 0.15) is 23.1 Å². The highest BCUT2D eigenvalue weighted by Gasteiger charge is 2.45. The summed E-state index contributed by atoms with van der Waals surface area (Å²) in [5, 5.41) is 6.91. The number of hydrogen-bond acceptors (Lipinski definition) is 7. The first-order valence-corrected chi connectivity index (χ1v) is 13.8. The van der Waals surface area contributed by atoms with Gasteiger partial charge in [0.05, 0.1) is 34.6 Å². The van der Waals surface area contributed by atoms with Crippen molar-refractivity contribution in [3.63, 3.8) is 0 Å². The third-order valence-electron chi connectivity index (χ3n) is 6.87. The molecule has 8 nitrogen and oxygen atoms in total. The molecule has 5 rings (SSSR count). The van der Waals surface area contributed by atoms with Crippen molar-refractivity contribution in [1.82, 2.24) is 24.1 Å². The van der Waals surface area contributed by atoms with E-state index in [1.807, 2.05) is 6.92 Å². The fourth-order valence-electron chi connectivity index (χ4n) is 4.61. The van der Waals surface area contributed by atoms with Gasteiger partial charge in [0.15, 0.2) is 5.65 Å². The molecule has 40 heavy (non-hydrogen) atoms. The first-order chi connectivity index (χ1) is 18.8. The number of likely N-dealkylation sites (tertiary alicyclic amines) is 1. The van der Waals surface area contributed by atoms with Gasteiger partial charge in [-0.15, -0.1) is 4.09 Å². The molecule has 0 aliphatic carbocycles. The molecular formula is C26H25F5N6O2S. The second-order valence-corrected chi connectivity index (χ2v) is 11.5. The Balaban J connectivity index is 1.27. The molecule has 0 bridgehead atoms. The number of piperidine rings is 1. The van der Waals surface area contributed by atoms with Gasteiger partial charge in [-0.1, -0.05) is 29.8 Å². The van der Waals surface area contributed by atoms with Gasteiger partial charge in [0.1, 0.15) is 12.1 Å². The number of fused-ring (bicyclic) bond motifs is 1. The maximum Gasteiger partial charge on any atom is 0.416 e. The molecule has 1 N–H and O–H groups in total. The lowest BCUT2D eigenvalue weighted by molar-refractivity contribution is -0.137. The molecule has 0 unspecified atom stereocenters. The Morgan fingerprint density at radius 1 is 1.05 bits per heavy atom. The van der Waals surface area contributed by atoms with Crippen molar-refractivity contribution in [2.75, 3.05) is 25.0 Å². The zero-order valence-electron chi connectivity index (χ0n) is 21.2. The lowest BCUT2D eigenvalue weighted by Gasteiger charge is -2.38. The van der Waals surface area contributed by atoms with Crippen molar-refractivity contribution < 1.29 is 30.4 Å². The van der Waals surface area contributed by atoms with Gasteiger partial charge in [-0.05, 0) is 49.6 Å². The van der Waals surface area contributed by atoms with Gasteiger partial charge >= 0.3 is 6.18 Å². The summed E-state index contributed by atoms with van der Waals surface area (Å²) in [6.45, 7) is 1.85. The molecule has 2 aromatic heterocycles. The SMILES string of the molecule is Cc1ccc(S(=O)(=O)n2ncc3c(N[C@@H]4CCN(CCc5ccc(C(F)(F)F)cc5)CC4(F)F)ncnc32)cc1. The molecule has 3 heterocycles. The predicted molar refractivity (Wildman–Crippen MR) is 138 cm³/mol. The summed E-state index contributed by atoms with van der Waals surface area (Å²) in [6, 6.07) is 9.59. The van der Waals surface area contributed by atoms with Crippen LogP contribution in [0.25, 0.3) is 11.0 Å². The quantitative estimate of drug-likeness (QED) is 0.315. The molecule has 0 amide bonds. The van der Waals surface area contributed by atoms with Crippen molar-refractivity contribution in [3.8, 4) is 0 Å². The summed E-state index contributed by atoms with van der Waals surface area (Å²) in [5.41, 5.74) is 0.698. The normalized spacial score (nSPS) is 18.2. The molecule has 14 heteroatoms. The second kappa shape index (κ2) is 10.4. The Bertz CT molecular complexity index is 1610. The third-order valence-corrected chi connectivity index (χ3v) is 8.46. The fraction of sp³-hybridized carbons (Fsp3) is 0.346. The number of anilines is 1. The summed E-state index contributed by atoms with van der Waals surface area (Å²) < 4.78 is 95.6. The minimum Gasteiger partial charge on any atom is -0.360 e. The lowest BCUT2D eigenvalue weighted by atomic mass is 9.99. The summed E-state index contributed by atoms with van der Waals surface area (Å²) in [4.78, 5) is 9.68. The highest BCUT2D eigenvalue weighted by Crippen LogP contribution is 2.32. The monoisotopic (exact) mass is 580 g/mol. The number of benzene rings is 2. The molecular weight excluding hydrogens is 555 g/mol. The number of rotatable bonds is 7. The zero-order chi connectivity index (χ0) is 28.7. The van der Waals surface area contributed by atoms with E-state index in [2.05, 4.69) is 20.4 Å². The van der Waals surface area contributed by atoms with Gasteiger partial charge in [-0.25, -0.2) is 18.7 Å². The third kappa shape index (κ3) is 5.63. The van der Waals surface area contributed by atoms with E-state index in [0.717, 1.165) is 28.1 Å². The van der Waals surface area contributed by atoms with Crippen molar-refractivity contribution in [2.24, 2.45) is 0 Å². The Morgan fingerprint density at radius 2 is 1.75 bits per heavy atom. The van der Waals surface area contributed by atoms with E-state index in [4.69, 9.17) is 0 Å². The van der Waals surface area contributed by atoms with E-state index in [1.54, 1.807) is 17.0 Å². The molecule has 2 aromatic carbocycles. The van der Waals surface area contributed by atoms with Gasteiger partial charge in [0.25, 0.3) is 15.9 Å². The molecule has 212 valence electrons. The first-order valence-electron chi connectivity index (χ1n) is 12.4. The number of halogens is 5. The van der Waals surface area contributed by atoms with E-state index in [0.29, 0.717) is 18.5 Å². The Morgan fingerprint density at radius 3 is 2.40 bits per heavy atom. The maximum absolute atomic E-state index is 15.2. The van der Waals surface area contributed by atoms with E-state index in [-0.39, 0.29) is 34.7 Å². The largest absolute Gasteiger partial charge is 0.416 e. The average molecular weight is 581 g/mol. The Labute approximate surface area is 226 Å². The van der Waals surface area contributed by atoms with Crippen molar-refractivity contribution in [2.45, 2.75) is 42.8 Å². The molecule has 1 aliphatic heterocycles. The molecule has 0 radical (unpaired) electrons. The van der Waals surface area contributed by atoms with Crippen LogP contribution in [-0.4, -0.2) is 64.1 Å². The summed E-state index contributed by atoms with van der Waals surface area (Å²) in [6.07, 6.45) is -1.74. The minimum atomic E-state index is -4.43. The van der Waals surface area contributed by atoms with Crippen LogP contribution in [-0.2, 0) is 22.6 Å². The second-order valence-electron chi connectivity index (χ2n) is 9.73.